The van der Waals surface area contributed by atoms with Crippen LogP contribution in [0.15, 0.2) is 45.7 Å². The molecule has 0 atom stereocenters. The Labute approximate surface area is 128 Å². The molecule has 4 nitrogen and oxygen atoms in total. The van der Waals surface area contributed by atoms with Gasteiger partial charge in [-0.2, -0.15) is 5.10 Å². The van der Waals surface area contributed by atoms with Gasteiger partial charge < -0.3 is 4.57 Å². The van der Waals surface area contributed by atoms with Gasteiger partial charge in [-0.15, -0.1) is 0 Å². The molecule has 1 aromatic carbocycles. The summed E-state index contributed by atoms with van der Waals surface area (Å²) in [4.78, 5) is 12.1. The molecule has 0 unspecified atom stereocenters. The van der Waals surface area contributed by atoms with Crippen LogP contribution in [0.2, 0.25) is 5.15 Å². The highest BCUT2D eigenvalue weighted by molar-refractivity contribution is 9.10. The predicted molar refractivity (Wildman–Crippen MR) is 83.2 cm³/mol. The van der Waals surface area contributed by atoms with Crippen molar-refractivity contribution in [3.05, 3.63) is 62.1 Å². The lowest BCUT2D eigenvalue weighted by atomic mass is 10.2. The van der Waals surface area contributed by atoms with E-state index in [0.29, 0.717) is 11.7 Å². The second kappa shape index (κ2) is 5.07. The Balaban J connectivity index is 2.17. The van der Waals surface area contributed by atoms with Gasteiger partial charge in [0.15, 0.2) is 0 Å². The van der Waals surface area contributed by atoms with Crippen molar-refractivity contribution in [2.75, 3.05) is 0 Å². The van der Waals surface area contributed by atoms with Crippen LogP contribution < -0.4 is 5.56 Å². The third-order valence-corrected chi connectivity index (χ3v) is 4.22. The zero-order chi connectivity index (χ0) is 14.3. The molecule has 20 heavy (non-hydrogen) atoms. The van der Waals surface area contributed by atoms with Crippen LogP contribution in [-0.2, 0) is 13.6 Å². The van der Waals surface area contributed by atoms with Crippen LogP contribution in [0.3, 0.4) is 0 Å². The molecule has 0 radical (unpaired) electrons. The zero-order valence-electron chi connectivity index (χ0n) is 10.7. The Morgan fingerprint density at radius 2 is 2.10 bits per heavy atom. The third-order valence-electron chi connectivity index (χ3n) is 3.17. The molecule has 6 heteroatoms. The summed E-state index contributed by atoms with van der Waals surface area (Å²) < 4.78 is 4.24. The Bertz CT molecular complexity index is 834. The van der Waals surface area contributed by atoms with Crippen molar-refractivity contribution in [1.82, 2.24) is 14.3 Å². The molecule has 0 fully saturated rings. The molecule has 0 N–H and O–H groups in total. The van der Waals surface area contributed by atoms with Gasteiger partial charge >= 0.3 is 0 Å². The summed E-state index contributed by atoms with van der Waals surface area (Å²) >= 11 is 9.48. The average molecular weight is 353 g/mol. The van der Waals surface area contributed by atoms with E-state index in [1.165, 1.54) is 0 Å². The second-order valence-corrected chi connectivity index (χ2v) is 5.75. The van der Waals surface area contributed by atoms with Crippen molar-refractivity contribution in [2.24, 2.45) is 7.05 Å². The van der Waals surface area contributed by atoms with Crippen molar-refractivity contribution in [2.45, 2.75) is 6.54 Å². The molecule has 0 spiro atoms. The smallest absolute Gasteiger partial charge is 0.251 e. The largest absolute Gasteiger partial charge is 0.302 e. The number of benzene rings is 1. The maximum Gasteiger partial charge on any atom is 0.251 e. The molecule has 3 rings (SSSR count). The molecule has 0 saturated carbocycles. The summed E-state index contributed by atoms with van der Waals surface area (Å²) in [5.41, 5.74) is 1.57. The third kappa shape index (κ3) is 2.27. The zero-order valence-corrected chi connectivity index (χ0v) is 13.0. The van der Waals surface area contributed by atoms with Crippen molar-refractivity contribution in [3.63, 3.8) is 0 Å². The minimum Gasteiger partial charge on any atom is -0.302 e. The first-order chi connectivity index (χ1) is 9.56. The first-order valence-corrected chi connectivity index (χ1v) is 7.20. The van der Waals surface area contributed by atoms with Crippen LogP contribution in [0.25, 0.3) is 10.9 Å². The van der Waals surface area contributed by atoms with Crippen LogP contribution in [-0.4, -0.2) is 14.3 Å². The Hall–Kier alpha value is -1.59. The van der Waals surface area contributed by atoms with Crippen LogP contribution in [0.1, 0.15) is 5.69 Å². The summed E-state index contributed by atoms with van der Waals surface area (Å²) in [5.74, 6) is 0. The summed E-state index contributed by atoms with van der Waals surface area (Å²) in [6.07, 6.45) is 0. The van der Waals surface area contributed by atoms with Crippen molar-refractivity contribution in [1.29, 1.82) is 0 Å². The quantitative estimate of drug-likeness (QED) is 0.710. The van der Waals surface area contributed by atoms with E-state index in [1.54, 1.807) is 28.4 Å². The Morgan fingerprint density at radius 3 is 2.80 bits per heavy atom. The predicted octanol–water partition coefficient (Wildman–Crippen LogP) is 3.20. The van der Waals surface area contributed by atoms with Gasteiger partial charge in [-0.3, -0.25) is 9.48 Å². The van der Waals surface area contributed by atoms with Crippen LogP contribution >= 0.6 is 27.5 Å². The summed E-state index contributed by atoms with van der Waals surface area (Å²) in [6.45, 7) is 0.396. The number of rotatable bonds is 2. The lowest BCUT2D eigenvalue weighted by molar-refractivity contribution is 0.706. The van der Waals surface area contributed by atoms with Gasteiger partial charge in [0.25, 0.3) is 5.56 Å². The van der Waals surface area contributed by atoms with Gasteiger partial charge in [0.05, 0.1) is 17.8 Å². The minimum atomic E-state index is -0.0580. The standard InChI is InChI=1S/C14H11BrClN3O/c1-18-13(16)7-9(17-18)8-19-12-4-2-3-11(15)10(12)5-6-14(19)20/h2-7H,8H2,1H3. The highest BCUT2D eigenvalue weighted by Gasteiger charge is 2.09. The van der Waals surface area contributed by atoms with Crippen molar-refractivity contribution in [3.8, 4) is 0 Å². The monoisotopic (exact) mass is 351 g/mol. The minimum absolute atomic E-state index is 0.0580. The first-order valence-electron chi connectivity index (χ1n) is 6.03. The first kappa shape index (κ1) is 13.4. The van der Waals surface area contributed by atoms with Crippen LogP contribution in [0.4, 0.5) is 0 Å². The maximum absolute atomic E-state index is 12.1. The van der Waals surface area contributed by atoms with Gasteiger partial charge in [-0.1, -0.05) is 33.6 Å². The molecule has 0 aliphatic carbocycles. The second-order valence-electron chi connectivity index (χ2n) is 4.51. The van der Waals surface area contributed by atoms with Crippen molar-refractivity contribution >= 4 is 38.4 Å². The highest BCUT2D eigenvalue weighted by Crippen LogP contribution is 2.22. The van der Waals surface area contributed by atoms with E-state index in [9.17, 15) is 4.79 Å². The summed E-state index contributed by atoms with van der Waals surface area (Å²) in [6, 6.07) is 10.9. The van der Waals surface area contributed by atoms with E-state index in [1.807, 2.05) is 24.3 Å². The molecule has 0 bridgehead atoms. The SMILES string of the molecule is Cn1nc(Cn2c(=O)ccc3c(Br)cccc32)cc1Cl. The fraction of sp³-hybridized carbons (Fsp3) is 0.143. The molecule has 102 valence electrons. The normalized spacial score (nSPS) is 11.2. The number of hydrogen-bond donors (Lipinski definition) is 0. The van der Waals surface area contributed by atoms with E-state index in [-0.39, 0.29) is 5.56 Å². The summed E-state index contributed by atoms with van der Waals surface area (Å²) in [7, 11) is 1.77. The van der Waals surface area contributed by atoms with Crippen LogP contribution in [0, 0.1) is 0 Å². The molecule has 3 aromatic rings. The number of nitrogens with zero attached hydrogens (tertiary/aromatic N) is 3. The molecule has 0 saturated heterocycles. The van der Waals surface area contributed by atoms with E-state index in [0.717, 1.165) is 21.1 Å². The molecule has 0 amide bonds. The average Bonchev–Trinajstić information content (AvgIpc) is 2.72. The van der Waals surface area contributed by atoms with Gasteiger partial charge in [0.1, 0.15) is 5.15 Å². The van der Waals surface area contributed by atoms with Gasteiger partial charge in [-0.05, 0) is 18.2 Å². The maximum atomic E-state index is 12.1. The number of aryl methyl sites for hydroxylation is 1. The highest BCUT2D eigenvalue weighted by atomic mass is 79.9. The summed E-state index contributed by atoms with van der Waals surface area (Å²) in [5, 5.41) is 5.83. The molecule has 0 aliphatic rings. The Morgan fingerprint density at radius 1 is 1.30 bits per heavy atom. The fourth-order valence-electron chi connectivity index (χ4n) is 2.19. The van der Waals surface area contributed by atoms with Crippen molar-refractivity contribution < 1.29 is 0 Å². The molecular formula is C14H11BrClN3O. The molecule has 2 aromatic heterocycles. The fourth-order valence-corrected chi connectivity index (χ4v) is 2.84. The molecule has 2 heterocycles. The lowest BCUT2D eigenvalue weighted by Gasteiger charge is -2.09. The van der Waals surface area contributed by atoms with Crippen LogP contribution in [0.5, 0.6) is 0 Å². The van der Waals surface area contributed by atoms with E-state index in [2.05, 4.69) is 21.0 Å². The van der Waals surface area contributed by atoms with E-state index < -0.39 is 0 Å². The lowest BCUT2D eigenvalue weighted by Crippen LogP contribution is -2.20. The van der Waals surface area contributed by atoms with Gasteiger partial charge in [0.2, 0.25) is 0 Å². The number of fused-ring (bicyclic) bond motifs is 1. The Kier molecular flexibility index (Phi) is 3.40. The van der Waals surface area contributed by atoms with Gasteiger partial charge in [0, 0.05) is 29.0 Å². The van der Waals surface area contributed by atoms with E-state index in [4.69, 9.17) is 11.6 Å². The van der Waals surface area contributed by atoms with Gasteiger partial charge in [-0.25, -0.2) is 0 Å². The number of aromatic nitrogens is 3. The molecular weight excluding hydrogens is 342 g/mol. The molecule has 0 aliphatic heterocycles. The topological polar surface area (TPSA) is 39.8 Å². The van der Waals surface area contributed by atoms with E-state index >= 15 is 0 Å². The number of halogens is 2. The number of pyridine rings is 1. The number of hydrogen-bond acceptors (Lipinski definition) is 2.